The van der Waals surface area contributed by atoms with E-state index in [4.69, 9.17) is 28.4 Å². The molecule has 1 saturated heterocycles. The number of benzene rings is 4. The molecule has 4 aromatic rings. The molecule has 1 aliphatic rings. The Hall–Kier alpha value is -4.64. The van der Waals surface area contributed by atoms with E-state index in [9.17, 15) is 14.4 Å². The summed E-state index contributed by atoms with van der Waals surface area (Å²) in [7, 11) is 1.59. The second kappa shape index (κ2) is 16.1. The van der Waals surface area contributed by atoms with Gasteiger partial charge in [-0.2, -0.15) is 0 Å². The fourth-order valence-electron chi connectivity index (χ4n) is 4.92. The van der Waals surface area contributed by atoms with Crippen molar-refractivity contribution in [2.45, 2.75) is 36.5 Å². The molecule has 0 unspecified atom stereocenters. The summed E-state index contributed by atoms with van der Waals surface area (Å²) in [6.45, 7) is -0.135. The van der Waals surface area contributed by atoms with E-state index < -0.39 is 47.8 Å². The molecule has 238 valence electrons. The van der Waals surface area contributed by atoms with Gasteiger partial charge in [-0.05, 0) is 60.4 Å². The predicted molar refractivity (Wildman–Crippen MR) is 172 cm³/mol. The van der Waals surface area contributed by atoms with E-state index >= 15 is 0 Å². The first kappa shape index (κ1) is 32.7. The van der Waals surface area contributed by atoms with Gasteiger partial charge in [0, 0.05) is 0 Å². The lowest BCUT2D eigenvalue weighted by atomic mass is 9.98. The SMILES string of the molecule is COc1ccc(CO[C@@H]2[C@@H](OC(=O)c3ccccc3)[C@@H](OC(=O)c3ccccc3)[C@@H](COC(=O)c3ccccc3)O[C@H]2SC)cc1. The minimum absolute atomic E-state index is 0.140. The van der Waals surface area contributed by atoms with Crippen molar-refractivity contribution in [1.82, 2.24) is 0 Å². The van der Waals surface area contributed by atoms with Crippen molar-refractivity contribution >= 4 is 29.7 Å². The van der Waals surface area contributed by atoms with Crippen molar-refractivity contribution < 1.29 is 42.8 Å². The first-order chi connectivity index (χ1) is 22.5. The van der Waals surface area contributed by atoms with E-state index in [1.807, 2.05) is 30.5 Å². The van der Waals surface area contributed by atoms with E-state index in [1.165, 1.54) is 11.8 Å². The van der Waals surface area contributed by atoms with Crippen LogP contribution in [0.3, 0.4) is 0 Å². The molecule has 5 rings (SSSR count). The fraction of sp³-hybridized carbons (Fsp3) is 0.250. The van der Waals surface area contributed by atoms with Gasteiger partial charge < -0.3 is 28.4 Å². The van der Waals surface area contributed by atoms with E-state index in [1.54, 1.807) is 98.1 Å². The zero-order valence-corrected chi connectivity index (χ0v) is 26.2. The number of ether oxygens (including phenoxy) is 6. The quantitative estimate of drug-likeness (QED) is 0.135. The average molecular weight is 643 g/mol. The number of esters is 3. The van der Waals surface area contributed by atoms with Crippen LogP contribution in [0.5, 0.6) is 5.75 Å². The van der Waals surface area contributed by atoms with Crippen molar-refractivity contribution in [3.05, 3.63) is 138 Å². The van der Waals surface area contributed by atoms with Crippen LogP contribution in [0, 0.1) is 0 Å². The molecule has 1 fully saturated rings. The molecule has 0 saturated carbocycles. The standard InChI is InChI=1S/C36H34O9S/c1-40-28-20-18-24(19-21-28)22-41-32-31(45-35(39)27-16-10-5-11-17-27)30(44-34(38)26-14-8-4-9-15-26)29(43-36(32)46-2)23-42-33(37)25-12-6-3-7-13-25/h3-21,29-32,36H,22-23H2,1-2H3/t29-,30+,31+,32-,36+/m1/s1. The van der Waals surface area contributed by atoms with Crippen LogP contribution < -0.4 is 4.74 Å². The third-order valence-electron chi connectivity index (χ3n) is 7.32. The lowest BCUT2D eigenvalue weighted by molar-refractivity contribution is -0.221. The molecule has 0 radical (unpaired) electrons. The molecule has 10 heteroatoms. The van der Waals surface area contributed by atoms with Gasteiger partial charge in [-0.1, -0.05) is 66.7 Å². The number of thioether (sulfide) groups is 1. The highest BCUT2D eigenvalue weighted by Crippen LogP contribution is 2.35. The third kappa shape index (κ3) is 8.33. The number of rotatable bonds is 12. The Kier molecular flexibility index (Phi) is 11.4. The van der Waals surface area contributed by atoms with Crippen LogP contribution in [0.25, 0.3) is 0 Å². The van der Waals surface area contributed by atoms with Gasteiger partial charge in [0.05, 0.1) is 30.4 Å². The zero-order chi connectivity index (χ0) is 32.3. The summed E-state index contributed by atoms with van der Waals surface area (Å²) in [5.41, 5.74) is 1.11. The van der Waals surface area contributed by atoms with Crippen molar-refractivity contribution in [3.63, 3.8) is 0 Å². The molecule has 1 heterocycles. The largest absolute Gasteiger partial charge is 0.497 e. The van der Waals surface area contributed by atoms with Crippen LogP contribution in [0.4, 0.5) is 0 Å². The summed E-state index contributed by atoms with van der Waals surface area (Å²) in [5, 5.41) is 0. The Morgan fingerprint density at radius 3 is 1.65 bits per heavy atom. The smallest absolute Gasteiger partial charge is 0.338 e. The minimum Gasteiger partial charge on any atom is -0.497 e. The second-order valence-corrected chi connectivity index (χ2v) is 11.3. The lowest BCUT2D eigenvalue weighted by Gasteiger charge is -2.44. The minimum atomic E-state index is -1.20. The normalized spacial score (nSPS) is 20.7. The van der Waals surface area contributed by atoms with Gasteiger partial charge in [-0.15, -0.1) is 11.8 Å². The van der Waals surface area contributed by atoms with Gasteiger partial charge in [0.25, 0.3) is 0 Å². The molecule has 0 N–H and O–H groups in total. The Balaban J connectivity index is 1.47. The zero-order valence-electron chi connectivity index (χ0n) is 25.4. The van der Waals surface area contributed by atoms with Crippen molar-refractivity contribution in [3.8, 4) is 5.75 Å². The van der Waals surface area contributed by atoms with Crippen molar-refractivity contribution in [1.29, 1.82) is 0 Å². The third-order valence-corrected chi connectivity index (χ3v) is 8.16. The average Bonchev–Trinajstić information content (AvgIpc) is 3.12. The van der Waals surface area contributed by atoms with Gasteiger partial charge in [-0.25, -0.2) is 14.4 Å². The summed E-state index contributed by atoms with van der Waals surface area (Å²) >= 11 is 1.33. The second-order valence-electron chi connectivity index (χ2n) is 10.3. The van der Waals surface area contributed by atoms with Crippen LogP contribution in [0.15, 0.2) is 115 Å². The first-order valence-corrected chi connectivity index (χ1v) is 15.9. The molecule has 0 spiro atoms. The van der Waals surface area contributed by atoms with Gasteiger partial charge in [0.2, 0.25) is 0 Å². The summed E-state index contributed by atoms with van der Waals surface area (Å²) < 4.78 is 35.9. The van der Waals surface area contributed by atoms with Gasteiger partial charge in [0.15, 0.2) is 12.2 Å². The molecular formula is C36H34O9S. The lowest BCUT2D eigenvalue weighted by Crippen LogP contribution is -2.61. The maximum Gasteiger partial charge on any atom is 0.338 e. The highest BCUT2D eigenvalue weighted by atomic mass is 32.2. The number of hydrogen-bond acceptors (Lipinski definition) is 10. The highest BCUT2D eigenvalue weighted by molar-refractivity contribution is 7.99. The Labute approximate surface area is 271 Å². The Bertz CT molecular complexity index is 1570. The van der Waals surface area contributed by atoms with E-state index in [-0.39, 0.29) is 13.2 Å². The van der Waals surface area contributed by atoms with E-state index in [0.717, 1.165) is 5.56 Å². The molecule has 4 aromatic carbocycles. The summed E-state index contributed by atoms with van der Waals surface area (Å²) in [6, 6.07) is 32.8. The fourth-order valence-corrected chi connectivity index (χ4v) is 5.67. The highest BCUT2D eigenvalue weighted by Gasteiger charge is 2.51. The predicted octanol–water partition coefficient (Wildman–Crippen LogP) is 5.98. The van der Waals surface area contributed by atoms with Crippen molar-refractivity contribution in [2.24, 2.45) is 0 Å². The van der Waals surface area contributed by atoms with E-state index in [0.29, 0.717) is 22.4 Å². The summed E-state index contributed by atoms with van der Waals surface area (Å²) in [5.74, 6) is -1.17. The molecule has 46 heavy (non-hydrogen) atoms. The number of carbonyl (C=O) groups excluding carboxylic acids is 3. The topological polar surface area (TPSA) is 107 Å². The number of hydrogen-bond donors (Lipinski definition) is 0. The molecule has 0 aliphatic carbocycles. The van der Waals surface area contributed by atoms with Crippen LogP contribution >= 0.6 is 11.8 Å². The maximum atomic E-state index is 13.5. The van der Waals surface area contributed by atoms with Gasteiger partial charge in [0.1, 0.15) is 30.0 Å². The van der Waals surface area contributed by atoms with Crippen LogP contribution in [-0.4, -0.2) is 67.7 Å². The molecule has 0 aromatic heterocycles. The summed E-state index contributed by atoms with van der Waals surface area (Å²) in [4.78, 5) is 39.8. The van der Waals surface area contributed by atoms with Gasteiger partial charge >= 0.3 is 17.9 Å². The summed E-state index contributed by atoms with van der Waals surface area (Å²) in [6.07, 6.45) is -2.38. The van der Waals surface area contributed by atoms with Crippen molar-refractivity contribution in [2.75, 3.05) is 20.0 Å². The Morgan fingerprint density at radius 2 is 1.15 bits per heavy atom. The molecule has 9 nitrogen and oxygen atoms in total. The monoisotopic (exact) mass is 642 g/mol. The molecule has 5 atom stereocenters. The number of methoxy groups -OCH3 is 1. The Morgan fingerprint density at radius 1 is 0.652 bits per heavy atom. The first-order valence-electron chi connectivity index (χ1n) is 14.6. The van der Waals surface area contributed by atoms with Gasteiger partial charge in [-0.3, -0.25) is 0 Å². The van der Waals surface area contributed by atoms with E-state index in [2.05, 4.69) is 0 Å². The maximum absolute atomic E-state index is 13.5. The van der Waals surface area contributed by atoms with Crippen LogP contribution in [0.2, 0.25) is 0 Å². The molecule has 1 aliphatic heterocycles. The molecule has 0 amide bonds. The number of carbonyl (C=O) groups is 3. The van der Waals surface area contributed by atoms with Crippen LogP contribution in [0.1, 0.15) is 36.6 Å². The van der Waals surface area contributed by atoms with Crippen LogP contribution in [-0.2, 0) is 30.3 Å². The molecular weight excluding hydrogens is 608 g/mol. The molecule has 0 bridgehead atoms.